The number of hydrogen-bond donors (Lipinski definition) is 0. The second-order valence-electron chi connectivity index (χ2n) is 37.1. The first-order valence-corrected chi connectivity index (χ1v) is 49.8. The maximum absolute atomic E-state index is 5.10. The Morgan fingerprint density at radius 2 is 0.373 bits per heavy atom. The van der Waals surface area contributed by atoms with Crippen LogP contribution in [0.25, 0.3) is 281 Å². The van der Waals surface area contributed by atoms with Crippen molar-refractivity contribution < 1.29 is 0 Å². The van der Waals surface area contributed by atoms with E-state index in [4.69, 9.17) is 59.8 Å². The summed E-state index contributed by atoms with van der Waals surface area (Å²) in [7, 11) is 0. The van der Waals surface area contributed by atoms with Gasteiger partial charge < -0.3 is 4.57 Å². The summed E-state index contributed by atoms with van der Waals surface area (Å²) in [6.45, 7) is 0. The zero-order valence-electron chi connectivity index (χ0n) is 80.4. The summed E-state index contributed by atoms with van der Waals surface area (Å²) in [5, 5.41) is 4.70. The predicted octanol–water partition coefficient (Wildman–Crippen LogP) is 31.0. The van der Waals surface area contributed by atoms with Crippen molar-refractivity contribution in [3.8, 4) is 237 Å². The largest absolute Gasteiger partial charge is 0.316 e. The van der Waals surface area contributed by atoms with Gasteiger partial charge in [0.2, 0.25) is 17.8 Å². The number of pyridine rings is 4. The predicted molar refractivity (Wildman–Crippen MR) is 600 cm³/mol. The molecule has 27 aromatic rings. The number of rotatable bonds is 11. The molecule has 31 rings (SSSR count). The highest BCUT2D eigenvalue weighted by molar-refractivity contribution is 6.17. The highest BCUT2D eigenvalue weighted by atomic mass is 15.2. The molecule has 0 atom stereocenters. The summed E-state index contributed by atoms with van der Waals surface area (Å²) >= 11 is 0. The number of benzene rings is 15. The third-order valence-electron chi connectivity index (χ3n) is 28.4. The van der Waals surface area contributed by atoms with Crippen LogP contribution in [0.2, 0.25) is 0 Å². The first-order valence-electron chi connectivity index (χ1n) is 49.8. The van der Waals surface area contributed by atoms with Gasteiger partial charge in [-0.05, 0) is 140 Å². The molecule has 0 fully saturated rings. The molecular weight excluding hydrogens is 1840 g/mol. The number of hydrogen-bond acceptors (Lipinski definition) is 14. The molecule has 0 saturated carbocycles. The molecule has 12 aromatic heterocycles. The lowest BCUT2D eigenvalue weighted by Crippen LogP contribution is -2.05. The second kappa shape index (κ2) is 36.9. The van der Waals surface area contributed by atoms with E-state index in [-0.39, 0.29) is 0 Å². The SMILES string of the molecule is c1ccc(-c2cc(-c3ccccc3)nc(-n3cc4c5c(cccc53)-c3ccccc3-c3cccnc3-4)n2)cc1.c1ccc(-c2nc(-c3ccccc3)nc(-c3cccc(-n4cc5c6c(cccc64)-c4ccccc4-c4cccnc4-5)c3)n2)cc1.c1ccc(-c2nc(-c3ccccc3)nc(-n3cc4c5c(cccc53)-c3ccccc3-c3cccnc3-4)n2)cc1.c1cnc(-n2cc3c4c(cccc42)-c2ccccc2-c2cccnc2-3)nc1. The van der Waals surface area contributed by atoms with Gasteiger partial charge in [-0.2, -0.15) is 9.97 Å². The minimum atomic E-state index is 0.572. The minimum Gasteiger partial charge on any atom is -0.316 e. The molecule has 0 unspecified atom stereocenters. The van der Waals surface area contributed by atoms with Gasteiger partial charge in [0.05, 0.1) is 56.2 Å². The van der Waals surface area contributed by atoms with Crippen LogP contribution in [-0.4, -0.2) is 88.0 Å². The molecule has 150 heavy (non-hydrogen) atoms. The molecule has 18 nitrogen and oxygen atoms in total. The van der Waals surface area contributed by atoms with Crippen LogP contribution >= 0.6 is 0 Å². The molecule has 4 aliphatic carbocycles. The molecule has 0 amide bonds. The summed E-state index contributed by atoms with van der Waals surface area (Å²) in [5.74, 6) is 5.06. The zero-order chi connectivity index (χ0) is 99.1. The van der Waals surface area contributed by atoms with Crippen molar-refractivity contribution in [2.24, 2.45) is 0 Å². The van der Waals surface area contributed by atoms with Gasteiger partial charge in [0.25, 0.3) is 0 Å². The summed E-state index contributed by atoms with van der Waals surface area (Å²) in [6, 6.07) is 150. The molecule has 18 heteroatoms. The number of aromatic nitrogens is 18. The lowest BCUT2D eigenvalue weighted by Gasteiger charge is -2.12. The van der Waals surface area contributed by atoms with Gasteiger partial charge in [-0.3, -0.25) is 33.6 Å². The average molecular weight is 1920 g/mol. The Morgan fingerprint density at radius 1 is 0.140 bits per heavy atom. The number of nitrogens with zero attached hydrogens (tertiary/aromatic N) is 18. The van der Waals surface area contributed by atoms with Crippen molar-refractivity contribution >= 4 is 43.6 Å². The Morgan fingerprint density at radius 3 is 0.700 bits per heavy atom. The summed E-state index contributed by atoms with van der Waals surface area (Å²) in [5.41, 5.74) is 41.2. The van der Waals surface area contributed by atoms with E-state index in [9.17, 15) is 0 Å². The van der Waals surface area contributed by atoms with Gasteiger partial charge in [0.15, 0.2) is 29.1 Å². The third-order valence-corrected chi connectivity index (χ3v) is 28.4. The van der Waals surface area contributed by atoms with Crippen molar-refractivity contribution in [3.63, 3.8) is 0 Å². The van der Waals surface area contributed by atoms with E-state index in [1.807, 2.05) is 213 Å². The highest BCUT2D eigenvalue weighted by Crippen LogP contribution is 2.54. The Bertz CT molecular complexity index is 9500. The van der Waals surface area contributed by atoms with Gasteiger partial charge >= 0.3 is 0 Å². The Balaban J connectivity index is 0.0000000973. The van der Waals surface area contributed by atoms with E-state index in [0.29, 0.717) is 47.0 Å². The van der Waals surface area contributed by atoms with Gasteiger partial charge in [-0.1, -0.05) is 364 Å². The van der Waals surface area contributed by atoms with E-state index in [2.05, 4.69) is 302 Å². The van der Waals surface area contributed by atoms with Crippen LogP contribution in [0.15, 0.2) is 499 Å². The molecule has 0 spiro atoms. The van der Waals surface area contributed by atoms with Gasteiger partial charge in [-0.25, -0.2) is 39.9 Å². The molecule has 4 aliphatic rings. The Hall–Kier alpha value is -20.8. The lowest BCUT2D eigenvalue weighted by atomic mass is 9.95. The first-order chi connectivity index (χ1) is 74.4. The van der Waals surface area contributed by atoms with Crippen molar-refractivity contribution in [1.82, 2.24) is 88.0 Å². The van der Waals surface area contributed by atoms with Crippen molar-refractivity contribution in [2.45, 2.75) is 0 Å². The molecule has 0 saturated heterocycles. The first kappa shape index (κ1) is 87.1. The molecule has 0 radical (unpaired) electrons. The Kier molecular flexibility index (Phi) is 21.4. The topological polar surface area (TPSA) is 200 Å². The van der Waals surface area contributed by atoms with Crippen molar-refractivity contribution in [1.29, 1.82) is 0 Å². The van der Waals surface area contributed by atoms with Gasteiger partial charge in [-0.15, -0.1) is 0 Å². The van der Waals surface area contributed by atoms with Crippen molar-refractivity contribution in [3.05, 3.63) is 499 Å². The van der Waals surface area contributed by atoms with E-state index in [1.54, 1.807) is 12.4 Å². The Labute approximate surface area is 861 Å². The standard InChI is InChI=1S/C40H25N5.C35H22N4.C34H21N5.C23H14N4/c1-3-12-26(13-4-1)38-42-39(27-14-5-2-6-15-27)44-40(43-38)28-16-9-17-29(24-28)45-25-34-36-32(20-10-22-35(36)45)30-18-7-8-19-31(30)33-21-11-23-41-37(33)34;1-3-11-23(12-4-1)30-21-31(24-13-5-2-6-14-24)38-35(37-30)39-22-29-33-27(17-9-19-32(33)39)25-15-7-8-16-26(25)28-18-10-20-36-34(28)29;1-3-11-22(12-4-1)32-36-33(23-13-5-2-6-14-23)38-34(37-32)39-21-28-30-26(17-9-19-29(30)39)24-15-7-8-16-25(24)27-18-10-20-35-31(27)28;1-2-7-16-15(6-1)17-8-3-10-20-21(17)19(22-18(16)9-4-11-24-22)14-27(20)23-25-12-5-13-26-23/h1-25H;1-22H;1-21H;1-14H. The van der Waals surface area contributed by atoms with E-state index < -0.39 is 0 Å². The molecule has 0 aliphatic heterocycles. The second-order valence-corrected chi connectivity index (χ2v) is 37.1. The molecule has 12 heterocycles. The monoisotopic (exact) mass is 1920 g/mol. The normalized spacial score (nSPS) is 11.6. The molecule has 0 bridgehead atoms. The third kappa shape index (κ3) is 15.2. The average Bonchev–Trinajstić information content (AvgIpc) is 1.58. The molecule has 0 N–H and O–H groups in total. The maximum Gasteiger partial charge on any atom is 0.238 e. The van der Waals surface area contributed by atoms with Crippen LogP contribution in [0.1, 0.15) is 0 Å². The minimum absolute atomic E-state index is 0.572. The van der Waals surface area contributed by atoms with Crippen LogP contribution in [0.3, 0.4) is 0 Å². The van der Waals surface area contributed by atoms with Crippen LogP contribution in [0.5, 0.6) is 0 Å². The molecule has 15 aromatic carbocycles. The smallest absolute Gasteiger partial charge is 0.238 e. The van der Waals surface area contributed by atoms with E-state index in [1.165, 1.54) is 77.5 Å². The van der Waals surface area contributed by atoms with Crippen molar-refractivity contribution in [2.75, 3.05) is 0 Å². The fraction of sp³-hybridized carbons (Fsp3) is 0. The van der Waals surface area contributed by atoms with Crippen LogP contribution in [-0.2, 0) is 0 Å². The molecular formula is C132H82N18. The fourth-order valence-electron chi connectivity index (χ4n) is 21.7. The van der Waals surface area contributed by atoms with Crippen LogP contribution in [0, 0.1) is 0 Å². The van der Waals surface area contributed by atoms with E-state index in [0.717, 1.165) is 156 Å². The van der Waals surface area contributed by atoms with Crippen LogP contribution < -0.4 is 0 Å². The van der Waals surface area contributed by atoms with Gasteiger partial charge in [0.1, 0.15) is 0 Å². The molecule has 700 valence electrons. The summed E-state index contributed by atoms with van der Waals surface area (Å²) in [4.78, 5) is 68.2. The highest BCUT2D eigenvalue weighted by Gasteiger charge is 2.33. The van der Waals surface area contributed by atoms with E-state index >= 15 is 0 Å². The fourth-order valence-corrected chi connectivity index (χ4v) is 21.7. The summed E-state index contributed by atoms with van der Waals surface area (Å²) < 4.78 is 8.53. The lowest BCUT2D eigenvalue weighted by molar-refractivity contribution is 0.933. The van der Waals surface area contributed by atoms with Crippen LogP contribution in [0.4, 0.5) is 0 Å². The van der Waals surface area contributed by atoms with Gasteiger partial charge in [0, 0.05) is 173 Å². The zero-order valence-corrected chi connectivity index (χ0v) is 80.4. The summed E-state index contributed by atoms with van der Waals surface area (Å²) in [6.07, 6.45) is 19.6. The maximum atomic E-state index is 5.10. The quantitative estimate of drug-likeness (QED) is 0.118. The number of fused-ring (bicyclic) bond motifs is 20.